The van der Waals surface area contributed by atoms with Crippen LogP contribution in [0.1, 0.15) is 22.9 Å². The van der Waals surface area contributed by atoms with Crippen LogP contribution in [-0.4, -0.2) is 34.3 Å². The maximum atomic E-state index is 12.8. The third-order valence-corrected chi connectivity index (χ3v) is 6.46. The van der Waals surface area contributed by atoms with Crippen molar-refractivity contribution in [1.82, 2.24) is 14.8 Å². The highest BCUT2D eigenvalue weighted by atomic mass is 35.5. The second kappa shape index (κ2) is 9.26. The zero-order valence-corrected chi connectivity index (χ0v) is 19.3. The van der Waals surface area contributed by atoms with Gasteiger partial charge in [0, 0.05) is 10.6 Å². The highest BCUT2D eigenvalue weighted by Crippen LogP contribution is 2.26. The summed E-state index contributed by atoms with van der Waals surface area (Å²) in [6, 6.07) is 16.5. The number of H-pyrrole nitrogens is 1. The van der Waals surface area contributed by atoms with E-state index < -0.39 is 27.4 Å². The molecule has 4 aromatic rings. The number of hydrogen-bond acceptors (Lipinski definition) is 7. The average molecular weight is 499 g/mol. The molecule has 34 heavy (non-hydrogen) atoms. The number of aryl methyl sites for hydroxylation is 1. The molecule has 11 heteroatoms. The first-order valence-electron chi connectivity index (χ1n) is 9.98. The lowest BCUT2D eigenvalue weighted by Gasteiger charge is -2.15. The molecule has 0 radical (unpaired) electrons. The van der Waals surface area contributed by atoms with Crippen molar-refractivity contribution in [3.8, 4) is 5.75 Å². The number of aliphatic hydroxyl groups excluding tert-OH is 1. The minimum absolute atomic E-state index is 0.00758. The predicted octanol–water partition coefficient (Wildman–Crippen LogP) is 3.01. The largest absolute Gasteiger partial charge is 0.508 e. The van der Waals surface area contributed by atoms with Gasteiger partial charge in [0.1, 0.15) is 17.6 Å². The van der Waals surface area contributed by atoms with E-state index >= 15 is 0 Å². The zero-order valence-electron chi connectivity index (χ0n) is 17.7. The first-order valence-corrected chi connectivity index (χ1v) is 11.8. The number of hydrogen-bond donors (Lipinski definition) is 4. The molecule has 1 unspecified atom stereocenters. The summed E-state index contributed by atoms with van der Waals surface area (Å²) in [5.41, 5.74) is 0.0683. The number of fused-ring (bicyclic) bond motifs is 1. The van der Waals surface area contributed by atoms with E-state index in [1.807, 2.05) is 6.92 Å². The topological polar surface area (TPSA) is 145 Å². The van der Waals surface area contributed by atoms with Crippen LogP contribution >= 0.6 is 11.6 Å². The predicted molar refractivity (Wildman–Crippen MR) is 128 cm³/mol. The van der Waals surface area contributed by atoms with Crippen molar-refractivity contribution in [2.75, 3.05) is 0 Å². The fourth-order valence-electron chi connectivity index (χ4n) is 3.22. The number of hydrazone groups is 1. The van der Waals surface area contributed by atoms with Crippen LogP contribution in [0.4, 0.5) is 0 Å². The maximum absolute atomic E-state index is 12.8. The number of rotatable bonds is 6. The van der Waals surface area contributed by atoms with Gasteiger partial charge >= 0.3 is 0 Å². The van der Waals surface area contributed by atoms with E-state index in [9.17, 15) is 23.4 Å². The molecule has 174 valence electrons. The Morgan fingerprint density at radius 2 is 1.82 bits per heavy atom. The molecule has 0 fully saturated rings. The van der Waals surface area contributed by atoms with Gasteiger partial charge in [0.2, 0.25) is 0 Å². The van der Waals surface area contributed by atoms with Gasteiger partial charge in [0.25, 0.3) is 15.6 Å². The number of nitrogens with zero attached hydrogens (tertiary/aromatic N) is 2. The summed E-state index contributed by atoms with van der Waals surface area (Å²) < 4.78 is 25.5. The number of aromatic hydroxyl groups is 1. The van der Waals surface area contributed by atoms with Crippen LogP contribution in [-0.2, 0) is 10.0 Å². The molecule has 3 aromatic carbocycles. The van der Waals surface area contributed by atoms with Gasteiger partial charge in [-0.2, -0.15) is 18.4 Å². The number of phenols is 1. The van der Waals surface area contributed by atoms with E-state index in [4.69, 9.17) is 11.6 Å². The Morgan fingerprint density at radius 3 is 2.53 bits per heavy atom. The number of benzene rings is 3. The summed E-state index contributed by atoms with van der Waals surface area (Å²) in [5.74, 6) is -0.270. The van der Waals surface area contributed by atoms with Gasteiger partial charge in [-0.1, -0.05) is 47.5 Å². The molecule has 4 rings (SSSR count). The van der Waals surface area contributed by atoms with Crippen LogP contribution in [0.25, 0.3) is 11.0 Å². The lowest BCUT2D eigenvalue weighted by Crippen LogP contribution is -2.29. The second-order valence-corrected chi connectivity index (χ2v) is 9.54. The van der Waals surface area contributed by atoms with Crippen molar-refractivity contribution in [1.29, 1.82) is 0 Å². The van der Waals surface area contributed by atoms with Crippen LogP contribution in [0.15, 0.2) is 81.5 Å². The normalized spacial score (nSPS) is 13.1. The van der Waals surface area contributed by atoms with Gasteiger partial charge < -0.3 is 15.2 Å². The Bertz CT molecular complexity index is 1570. The SMILES string of the molecule is Cc1ccc(S(=O)(=O)N/N=C(/c2nc3ccc(Cl)cc3[nH]c2=O)C(O)c2ccccc2O)cc1. The third-order valence-electron chi connectivity index (χ3n) is 5.00. The van der Waals surface area contributed by atoms with Gasteiger partial charge in [-0.3, -0.25) is 4.79 Å². The van der Waals surface area contributed by atoms with Gasteiger partial charge in [0.05, 0.1) is 15.9 Å². The number of aromatic amines is 1. The smallest absolute Gasteiger partial charge is 0.276 e. The molecule has 0 amide bonds. The Kier molecular flexibility index (Phi) is 6.38. The molecular formula is C23H19ClN4O5S. The van der Waals surface area contributed by atoms with E-state index in [1.165, 1.54) is 30.3 Å². The van der Waals surface area contributed by atoms with Crippen LogP contribution in [0.5, 0.6) is 5.75 Å². The molecule has 0 bridgehead atoms. The highest BCUT2D eigenvalue weighted by molar-refractivity contribution is 7.89. The first-order chi connectivity index (χ1) is 16.2. The van der Waals surface area contributed by atoms with Gasteiger partial charge in [-0.05, 0) is 43.3 Å². The Morgan fingerprint density at radius 1 is 1.12 bits per heavy atom. The van der Waals surface area contributed by atoms with E-state index in [0.29, 0.717) is 16.1 Å². The molecular weight excluding hydrogens is 480 g/mol. The minimum Gasteiger partial charge on any atom is -0.508 e. The van der Waals surface area contributed by atoms with E-state index in [-0.39, 0.29) is 21.9 Å². The molecule has 1 aromatic heterocycles. The fraction of sp³-hybridized carbons (Fsp3) is 0.0870. The fourth-order valence-corrected chi connectivity index (χ4v) is 4.21. The van der Waals surface area contributed by atoms with Crippen molar-refractivity contribution in [3.05, 3.63) is 98.9 Å². The van der Waals surface area contributed by atoms with Gasteiger partial charge in [-0.25, -0.2) is 4.98 Å². The van der Waals surface area contributed by atoms with Crippen molar-refractivity contribution in [2.45, 2.75) is 17.9 Å². The minimum atomic E-state index is -4.14. The van der Waals surface area contributed by atoms with Gasteiger partial charge in [-0.15, -0.1) is 0 Å². The number of sulfonamides is 1. The first kappa shape index (κ1) is 23.4. The van der Waals surface area contributed by atoms with Crippen molar-refractivity contribution in [3.63, 3.8) is 0 Å². The average Bonchev–Trinajstić information content (AvgIpc) is 2.80. The van der Waals surface area contributed by atoms with Gasteiger partial charge in [0.15, 0.2) is 5.69 Å². The standard InChI is InChI=1S/C23H19ClN4O5S/c1-13-6-9-15(10-7-13)34(32,33)28-27-20(22(30)16-4-2-3-5-19(16)29)21-23(31)26-18-12-14(24)8-11-17(18)25-21/h2-12,22,28-30H,1H3,(H,26,31)/b27-20-. The second-order valence-electron chi connectivity index (χ2n) is 7.44. The van der Waals surface area contributed by atoms with Crippen LogP contribution in [0, 0.1) is 6.92 Å². The van der Waals surface area contributed by atoms with Crippen molar-refractivity contribution in [2.24, 2.45) is 5.10 Å². The Labute approximate surface area is 199 Å². The molecule has 1 heterocycles. The molecule has 1 atom stereocenters. The molecule has 0 saturated carbocycles. The summed E-state index contributed by atoms with van der Waals surface area (Å²) in [4.78, 5) is 21.7. The molecule has 9 nitrogen and oxygen atoms in total. The summed E-state index contributed by atoms with van der Waals surface area (Å²) >= 11 is 5.97. The quantitative estimate of drug-likeness (QED) is 0.237. The highest BCUT2D eigenvalue weighted by Gasteiger charge is 2.26. The van der Waals surface area contributed by atoms with Crippen LogP contribution in [0.3, 0.4) is 0 Å². The van der Waals surface area contributed by atoms with Crippen molar-refractivity contribution < 1.29 is 18.6 Å². The van der Waals surface area contributed by atoms with E-state index in [2.05, 4.69) is 19.9 Å². The van der Waals surface area contributed by atoms with Crippen molar-refractivity contribution >= 4 is 38.4 Å². The lowest BCUT2D eigenvalue weighted by atomic mass is 10.0. The zero-order chi connectivity index (χ0) is 24.5. The number of aromatic nitrogens is 2. The maximum Gasteiger partial charge on any atom is 0.276 e. The molecule has 0 aliphatic carbocycles. The number of aliphatic hydroxyl groups is 1. The summed E-state index contributed by atoms with van der Waals surface area (Å²) in [7, 11) is -4.14. The summed E-state index contributed by atoms with van der Waals surface area (Å²) in [6.45, 7) is 1.81. The van der Waals surface area contributed by atoms with Crippen LogP contribution in [0.2, 0.25) is 5.02 Å². The van der Waals surface area contributed by atoms with E-state index in [0.717, 1.165) is 5.56 Å². The van der Waals surface area contributed by atoms with Crippen LogP contribution < -0.4 is 10.4 Å². The lowest BCUT2D eigenvalue weighted by molar-refractivity contribution is 0.241. The number of halogens is 1. The number of para-hydroxylation sites is 1. The summed E-state index contributed by atoms with van der Waals surface area (Å²) in [6.07, 6.45) is -1.68. The molecule has 4 N–H and O–H groups in total. The van der Waals surface area contributed by atoms with E-state index in [1.54, 1.807) is 36.4 Å². The molecule has 0 aliphatic rings. The molecule has 0 spiro atoms. The number of phenolic OH excluding ortho intramolecular Hbond substituents is 1. The Hall–Kier alpha value is -3.73. The molecule has 0 saturated heterocycles. The monoisotopic (exact) mass is 498 g/mol. The third kappa shape index (κ3) is 4.79. The number of nitrogens with one attached hydrogen (secondary N) is 2. The summed E-state index contributed by atoms with van der Waals surface area (Å²) in [5, 5.41) is 25.5. The molecule has 0 aliphatic heterocycles. The Balaban J connectivity index is 1.85.